The summed E-state index contributed by atoms with van der Waals surface area (Å²) in [4.78, 5) is 11.1. The third-order valence-electron chi connectivity index (χ3n) is 2.91. The summed E-state index contributed by atoms with van der Waals surface area (Å²) >= 11 is 0. The molecule has 0 radical (unpaired) electrons. The molecule has 0 aromatic rings. The smallest absolute Gasteiger partial charge is 0.427 e. The zero-order valence-electron chi connectivity index (χ0n) is 12.1. The van der Waals surface area contributed by atoms with Crippen LogP contribution in [-0.4, -0.2) is 37.1 Å². The largest absolute Gasteiger partial charge is 0.458 e. The van der Waals surface area contributed by atoms with Crippen molar-refractivity contribution in [2.24, 2.45) is 0 Å². The van der Waals surface area contributed by atoms with Gasteiger partial charge in [-0.25, -0.2) is 8.78 Å². The Morgan fingerprint density at radius 2 is 2.11 bits per heavy atom. The van der Waals surface area contributed by atoms with E-state index in [0.717, 1.165) is 0 Å². The SMILES string of the molecule is CCCCC(F)(F)CC(C)B(O)OC(NC)C(C)=O. The quantitative estimate of drug-likeness (QED) is 0.475. The summed E-state index contributed by atoms with van der Waals surface area (Å²) in [6, 6.07) is 0. The van der Waals surface area contributed by atoms with Crippen LogP contribution >= 0.6 is 0 Å². The lowest BCUT2D eigenvalue weighted by Crippen LogP contribution is -2.42. The van der Waals surface area contributed by atoms with Crippen LogP contribution in [0.1, 0.15) is 46.5 Å². The molecule has 0 aliphatic carbocycles. The van der Waals surface area contributed by atoms with E-state index in [4.69, 9.17) is 4.65 Å². The number of likely N-dealkylation sites (N-methyl/N-ethyl adjacent to an activating group) is 1. The predicted octanol–water partition coefficient (Wildman–Crippen LogP) is 2.22. The van der Waals surface area contributed by atoms with Gasteiger partial charge in [0.25, 0.3) is 0 Å². The molecule has 7 heteroatoms. The number of carbonyl (C=O) groups is 1. The van der Waals surface area contributed by atoms with Crippen molar-refractivity contribution in [3.63, 3.8) is 0 Å². The molecule has 0 spiro atoms. The summed E-state index contributed by atoms with van der Waals surface area (Å²) in [5.74, 6) is -3.88. The average Bonchev–Trinajstić information content (AvgIpc) is 2.32. The number of hydrogen-bond donors (Lipinski definition) is 2. The lowest BCUT2D eigenvalue weighted by atomic mass is 9.70. The minimum Gasteiger partial charge on any atom is -0.427 e. The van der Waals surface area contributed by atoms with Gasteiger partial charge in [-0.2, -0.15) is 0 Å². The molecule has 0 rings (SSSR count). The first kappa shape index (κ1) is 18.5. The maximum atomic E-state index is 13.6. The minimum absolute atomic E-state index is 0.192. The summed E-state index contributed by atoms with van der Waals surface area (Å²) < 4.78 is 32.1. The van der Waals surface area contributed by atoms with Crippen LogP contribution in [0, 0.1) is 0 Å². The van der Waals surface area contributed by atoms with E-state index in [1.165, 1.54) is 20.9 Å². The van der Waals surface area contributed by atoms with E-state index in [1.54, 1.807) is 0 Å². The van der Waals surface area contributed by atoms with Gasteiger partial charge in [-0.3, -0.25) is 10.1 Å². The molecule has 0 amide bonds. The fourth-order valence-electron chi connectivity index (χ4n) is 1.75. The maximum absolute atomic E-state index is 13.6. The Hall–Kier alpha value is -0.525. The van der Waals surface area contributed by atoms with Crippen LogP contribution in [0.2, 0.25) is 5.82 Å². The van der Waals surface area contributed by atoms with E-state index >= 15 is 0 Å². The first-order valence-electron chi connectivity index (χ1n) is 6.62. The highest BCUT2D eigenvalue weighted by molar-refractivity contribution is 6.45. The van der Waals surface area contributed by atoms with Crippen molar-refractivity contribution in [2.45, 2.75) is 64.4 Å². The first-order valence-corrected chi connectivity index (χ1v) is 6.62. The highest BCUT2D eigenvalue weighted by Crippen LogP contribution is 2.32. The third kappa shape index (κ3) is 7.59. The van der Waals surface area contributed by atoms with Crippen LogP contribution in [0.5, 0.6) is 0 Å². The Morgan fingerprint density at radius 1 is 1.53 bits per heavy atom. The van der Waals surface area contributed by atoms with Crippen LogP contribution in [0.25, 0.3) is 0 Å². The predicted molar refractivity (Wildman–Crippen MR) is 71.1 cm³/mol. The zero-order valence-corrected chi connectivity index (χ0v) is 12.1. The molecule has 0 aliphatic rings. The molecule has 4 nitrogen and oxygen atoms in total. The summed E-state index contributed by atoms with van der Waals surface area (Å²) in [6.07, 6.45) is -0.467. The van der Waals surface area contributed by atoms with Crippen molar-refractivity contribution in [3.05, 3.63) is 0 Å². The van der Waals surface area contributed by atoms with Gasteiger partial charge in [-0.05, 0) is 26.2 Å². The highest BCUT2D eigenvalue weighted by Gasteiger charge is 2.37. The van der Waals surface area contributed by atoms with E-state index in [2.05, 4.69) is 5.32 Å². The van der Waals surface area contributed by atoms with Crippen molar-refractivity contribution in [1.29, 1.82) is 0 Å². The maximum Gasteiger partial charge on any atom is 0.458 e. The number of hydrogen-bond acceptors (Lipinski definition) is 4. The van der Waals surface area contributed by atoms with Crippen LogP contribution in [0.15, 0.2) is 0 Å². The standard InChI is InChI=1S/C12H24BF2NO3/c1-5-6-7-12(14,15)8-9(2)13(18)19-11(16-4)10(3)17/h9,11,16,18H,5-8H2,1-4H3. The van der Waals surface area contributed by atoms with Crippen LogP contribution < -0.4 is 5.32 Å². The van der Waals surface area contributed by atoms with Crippen molar-refractivity contribution in [3.8, 4) is 0 Å². The molecule has 0 saturated carbocycles. The van der Waals surface area contributed by atoms with E-state index in [9.17, 15) is 18.6 Å². The molecule has 0 aromatic heterocycles. The molecule has 0 heterocycles. The summed E-state index contributed by atoms with van der Waals surface area (Å²) in [5, 5.41) is 12.3. The monoisotopic (exact) mass is 279 g/mol. The number of alkyl halides is 2. The van der Waals surface area contributed by atoms with Crippen molar-refractivity contribution < 1.29 is 23.3 Å². The highest BCUT2D eigenvalue weighted by atomic mass is 19.3. The fourth-order valence-corrected chi connectivity index (χ4v) is 1.75. The molecular weight excluding hydrogens is 255 g/mol. The molecule has 0 saturated heterocycles. The van der Waals surface area contributed by atoms with Gasteiger partial charge < -0.3 is 9.68 Å². The van der Waals surface area contributed by atoms with Crippen LogP contribution in [0.3, 0.4) is 0 Å². The molecule has 0 aromatic carbocycles. The molecule has 112 valence electrons. The molecule has 0 fully saturated rings. The number of carbonyl (C=O) groups excluding carboxylic acids is 1. The van der Waals surface area contributed by atoms with Gasteiger partial charge in [0.15, 0.2) is 12.0 Å². The topological polar surface area (TPSA) is 58.6 Å². The molecule has 0 bridgehead atoms. The second-order valence-electron chi connectivity index (χ2n) is 4.95. The number of Topliss-reactive ketones (excluding diaryl/α,β-unsaturated/α-hetero) is 1. The van der Waals surface area contributed by atoms with Gasteiger partial charge >= 0.3 is 7.12 Å². The van der Waals surface area contributed by atoms with Gasteiger partial charge in [0, 0.05) is 12.8 Å². The van der Waals surface area contributed by atoms with Gasteiger partial charge in [0.1, 0.15) is 0 Å². The molecule has 2 atom stereocenters. The second kappa shape index (κ2) is 8.61. The Balaban J connectivity index is 4.32. The number of rotatable bonds is 10. The van der Waals surface area contributed by atoms with Crippen LogP contribution in [-0.2, 0) is 9.45 Å². The number of halogens is 2. The van der Waals surface area contributed by atoms with Crippen molar-refractivity contribution in [2.75, 3.05) is 7.05 Å². The third-order valence-corrected chi connectivity index (χ3v) is 2.91. The fraction of sp³-hybridized carbons (Fsp3) is 0.917. The molecule has 2 unspecified atom stereocenters. The van der Waals surface area contributed by atoms with Gasteiger partial charge in [-0.15, -0.1) is 0 Å². The van der Waals surface area contributed by atoms with E-state index in [0.29, 0.717) is 12.8 Å². The van der Waals surface area contributed by atoms with Gasteiger partial charge in [0.2, 0.25) is 5.92 Å². The lowest BCUT2D eigenvalue weighted by Gasteiger charge is -2.24. The average molecular weight is 279 g/mol. The number of unbranched alkanes of at least 4 members (excludes halogenated alkanes) is 1. The second-order valence-corrected chi connectivity index (χ2v) is 4.95. The Labute approximate surface area is 114 Å². The Bertz CT molecular complexity index is 280. The molecule has 19 heavy (non-hydrogen) atoms. The lowest BCUT2D eigenvalue weighted by molar-refractivity contribution is -0.125. The Kier molecular flexibility index (Phi) is 8.37. The molecule has 2 N–H and O–H groups in total. The summed E-state index contributed by atoms with van der Waals surface area (Å²) in [7, 11) is 0.105. The molecular formula is C12H24BF2NO3. The normalized spacial score (nSPS) is 15.1. The van der Waals surface area contributed by atoms with Gasteiger partial charge in [0.05, 0.1) is 0 Å². The van der Waals surface area contributed by atoms with E-state index in [1.807, 2.05) is 6.92 Å². The van der Waals surface area contributed by atoms with Crippen molar-refractivity contribution in [1.82, 2.24) is 5.32 Å². The summed E-state index contributed by atoms with van der Waals surface area (Å²) in [5.41, 5.74) is 0. The zero-order chi connectivity index (χ0) is 15.1. The first-order chi connectivity index (χ1) is 8.73. The van der Waals surface area contributed by atoms with Crippen molar-refractivity contribution >= 4 is 12.9 Å². The Morgan fingerprint density at radius 3 is 2.53 bits per heavy atom. The van der Waals surface area contributed by atoms with E-state index < -0.39 is 31.5 Å². The minimum atomic E-state index is -2.81. The van der Waals surface area contributed by atoms with E-state index in [-0.39, 0.29) is 12.2 Å². The summed E-state index contributed by atoms with van der Waals surface area (Å²) in [6.45, 7) is 4.63. The van der Waals surface area contributed by atoms with Crippen LogP contribution in [0.4, 0.5) is 8.78 Å². The number of ketones is 1. The van der Waals surface area contributed by atoms with Gasteiger partial charge in [-0.1, -0.05) is 20.3 Å². The number of nitrogens with one attached hydrogen (secondary N) is 1. The molecule has 0 aliphatic heterocycles.